The van der Waals surface area contributed by atoms with E-state index in [9.17, 15) is 9.59 Å². The second kappa shape index (κ2) is 33.7. The third kappa shape index (κ3) is 16.7. The minimum atomic E-state index is -0.942. The van der Waals surface area contributed by atoms with Gasteiger partial charge in [0.2, 0.25) is 0 Å². The standard InChI is InChI=1S/C44H39BrO7.C44H38O7/c1-47-38-19-15-36(16-20-38)44(35-12-5-4-6-13-35,37-17-21-39(48-2)22-18-37)52-29-32-10-8-14-40(26-32)51-30-34-27-41(23-24-42(34)45)50-28-31-9-7-11-33(25-31)43(46)49-3;1-46-37-18-14-35(15-19-37)44(34-9-5-4-6-10-34,36-16-20-38(47-2)21-17-36)51-28-31-13-23-41-40-22-12-30(24-33(40)29-50-42(41)25-31)27-49-39-11-7-8-32(26-39)43(45)48-3/h4-27H,28-30H2,1-3H3;4-26H,27-29H2,1-3H3. The van der Waals surface area contributed by atoms with Gasteiger partial charge in [0.1, 0.15) is 83.6 Å². The third-order valence-electron chi connectivity index (χ3n) is 17.9. The Morgan fingerprint density at radius 3 is 1.21 bits per heavy atom. The van der Waals surface area contributed by atoms with E-state index in [1.54, 1.807) is 58.8 Å². The van der Waals surface area contributed by atoms with Crippen LogP contribution in [0.4, 0.5) is 0 Å². The summed E-state index contributed by atoms with van der Waals surface area (Å²) in [6.45, 7) is 2.02. The molecule has 0 aliphatic carbocycles. The molecular weight excluding hydrogens is 1360 g/mol. The highest BCUT2D eigenvalue weighted by Gasteiger charge is 2.40. The van der Waals surface area contributed by atoms with Crippen molar-refractivity contribution < 1.29 is 66.4 Å². The molecule has 0 radical (unpaired) electrons. The first kappa shape index (κ1) is 71.2. The summed E-state index contributed by atoms with van der Waals surface area (Å²) >= 11 is 3.66. The SMILES string of the molecule is COC(=O)c1cccc(COc2ccc(Br)c(COc3cccc(COC(c4ccccc4)(c4ccc(OC)cc4)c4ccc(OC)cc4)c3)c2)c1.COC(=O)c1cccc(OCc2ccc3c(c2)COc2cc(COC(c4ccccc4)(c4ccc(OC)cc4)c4ccc(OC)cc4)ccc2-3)c1. The Hall–Kier alpha value is -11.6. The predicted molar refractivity (Wildman–Crippen MR) is 400 cm³/mol. The largest absolute Gasteiger partial charge is 0.497 e. The summed E-state index contributed by atoms with van der Waals surface area (Å²) in [7, 11) is 9.38. The number of hydrogen-bond acceptors (Lipinski definition) is 14. The molecule has 0 saturated carbocycles. The van der Waals surface area contributed by atoms with Crippen LogP contribution in [0.25, 0.3) is 11.1 Å². The van der Waals surface area contributed by atoms with Crippen LogP contribution in [0.5, 0.6) is 46.0 Å². The molecule has 14 nitrogen and oxygen atoms in total. The van der Waals surface area contributed by atoms with Gasteiger partial charge in [-0.1, -0.05) is 180 Å². The quantitative estimate of drug-likeness (QED) is 0.0355. The van der Waals surface area contributed by atoms with Gasteiger partial charge < -0.3 is 56.8 Å². The molecule has 15 heteroatoms. The van der Waals surface area contributed by atoms with E-state index < -0.39 is 17.2 Å². The number of ether oxygens (including phenoxy) is 12. The van der Waals surface area contributed by atoms with Crippen LogP contribution in [0.2, 0.25) is 0 Å². The van der Waals surface area contributed by atoms with E-state index in [0.717, 1.165) is 111 Å². The lowest BCUT2D eigenvalue weighted by atomic mass is 9.80. The average molecular weight is 1440 g/mol. The minimum absolute atomic E-state index is 0.298. The second-order valence-corrected chi connectivity index (χ2v) is 25.0. The second-order valence-electron chi connectivity index (χ2n) is 24.2. The van der Waals surface area contributed by atoms with Crippen molar-refractivity contribution in [1.82, 2.24) is 0 Å². The van der Waals surface area contributed by atoms with Gasteiger partial charge >= 0.3 is 11.9 Å². The van der Waals surface area contributed by atoms with Gasteiger partial charge in [0.15, 0.2) is 0 Å². The molecule has 12 aromatic carbocycles. The van der Waals surface area contributed by atoms with Crippen molar-refractivity contribution in [2.45, 2.75) is 50.8 Å². The molecule has 0 atom stereocenters. The number of esters is 2. The number of hydrogen-bond donors (Lipinski definition) is 0. The van der Waals surface area contributed by atoms with Gasteiger partial charge in [-0.2, -0.15) is 0 Å². The van der Waals surface area contributed by atoms with Crippen LogP contribution in [0.3, 0.4) is 0 Å². The Kier molecular flexibility index (Phi) is 23.3. The number of carbonyl (C=O) groups is 2. The van der Waals surface area contributed by atoms with E-state index in [1.807, 2.05) is 170 Å². The summed E-state index contributed by atoms with van der Waals surface area (Å²) in [5.41, 5.74) is 12.8. The summed E-state index contributed by atoms with van der Waals surface area (Å²) in [5.74, 6) is 5.09. The molecule has 13 rings (SSSR count). The summed E-state index contributed by atoms with van der Waals surface area (Å²) in [4.78, 5) is 23.8. The van der Waals surface area contributed by atoms with Gasteiger partial charge in [0, 0.05) is 15.6 Å². The molecule has 0 N–H and O–H groups in total. The van der Waals surface area contributed by atoms with Gasteiger partial charge in [0.25, 0.3) is 0 Å². The third-order valence-corrected chi connectivity index (χ3v) is 18.6. The molecular formula is C88H77BrO14. The molecule has 1 aliphatic rings. The van der Waals surface area contributed by atoms with E-state index in [1.165, 1.54) is 14.2 Å². The molecule has 0 saturated heterocycles. The highest BCUT2D eigenvalue weighted by molar-refractivity contribution is 9.10. The van der Waals surface area contributed by atoms with Crippen LogP contribution in [0.15, 0.2) is 290 Å². The number of halogens is 1. The van der Waals surface area contributed by atoms with E-state index in [4.69, 9.17) is 56.8 Å². The zero-order valence-corrected chi connectivity index (χ0v) is 59.6. The van der Waals surface area contributed by atoms with Crippen LogP contribution in [0, 0.1) is 0 Å². The maximum Gasteiger partial charge on any atom is 0.337 e. The van der Waals surface area contributed by atoms with Crippen molar-refractivity contribution in [3.63, 3.8) is 0 Å². The summed E-state index contributed by atoms with van der Waals surface area (Å²) in [6, 6.07) is 93.0. The van der Waals surface area contributed by atoms with Gasteiger partial charge in [-0.05, 0) is 188 Å². The van der Waals surface area contributed by atoms with Crippen molar-refractivity contribution in [1.29, 1.82) is 0 Å². The molecule has 1 aliphatic heterocycles. The van der Waals surface area contributed by atoms with Gasteiger partial charge in [0.05, 0.1) is 67.0 Å². The maximum absolute atomic E-state index is 11.9. The lowest BCUT2D eigenvalue weighted by molar-refractivity contribution is 0.0000341. The maximum atomic E-state index is 11.9. The van der Waals surface area contributed by atoms with Crippen LogP contribution in [-0.2, 0) is 69.8 Å². The Morgan fingerprint density at radius 1 is 0.340 bits per heavy atom. The molecule has 1 heterocycles. The lowest BCUT2D eigenvalue weighted by Gasteiger charge is -2.36. The molecule has 0 fully saturated rings. The van der Waals surface area contributed by atoms with E-state index in [-0.39, 0.29) is 5.97 Å². The lowest BCUT2D eigenvalue weighted by Crippen LogP contribution is -2.32. The fraction of sp³-hybridized carbons (Fsp3) is 0.159. The van der Waals surface area contributed by atoms with E-state index in [0.29, 0.717) is 68.0 Å². The number of carbonyl (C=O) groups excluding carboxylic acids is 2. The molecule has 0 spiro atoms. The van der Waals surface area contributed by atoms with Crippen molar-refractivity contribution in [2.75, 3.05) is 42.7 Å². The van der Waals surface area contributed by atoms with Gasteiger partial charge in [-0.15, -0.1) is 0 Å². The highest BCUT2D eigenvalue weighted by atomic mass is 79.9. The number of fused-ring (bicyclic) bond motifs is 3. The fourth-order valence-corrected chi connectivity index (χ4v) is 12.9. The summed E-state index contributed by atoms with van der Waals surface area (Å²) in [5, 5.41) is 0. The van der Waals surface area contributed by atoms with Crippen molar-refractivity contribution in [3.8, 4) is 57.1 Å². The highest BCUT2D eigenvalue weighted by Crippen LogP contribution is 2.46. The first-order valence-corrected chi connectivity index (χ1v) is 34.2. The monoisotopic (exact) mass is 1440 g/mol. The predicted octanol–water partition coefficient (Wildman–Crippen LogP) is 19.1. The molecule has 0 bridgehead atoms. The minimum Gasteiger partial charge on any atom is -0.497 e. The van der Waals surface area contributed by atoms with Crippen LogP contribution >= 0.6 is 15.9 Å². The molecule has 0 unspecified atom stereocenters. The Bertz CT molecular complexity index is 4720. The van der Waals surface area contributed by atoms with Crippen molar-refractivity contribution in [3.05, 3.63) is 367 Å². The Morgan fingerprint density at radius 2 is 0.728 bits per heavy atom. The first-order valence-electron chi connectivity index (χ1n) is 33.4. The normalized spacial score (nSPS) is 11.4. The fourth-order valence-electron chi connectivity index (χ4n) is 12.5. The van der Waals surface area contributed by atoms with Crippen molar-refractivity contribution in [2.24, 2.45) is 0 Å². The van der Waals surface area contributed by atoms with E-state index >= 15 is 0 Å². The van der Waals surface area contributed by atoms with Gasteiger partial charge in [-0.25, -0.2) is 9.59 Å². The smallest absolute Gasteiger partial charge is 0.337 e. The zero-order valence-electron chi connectivity index (χ0n) is 58.0. The molecule has 520 valence electrons. The summed E-state index contributed by atoms with van der Waals surface area (Å²) < 4.78 is 71.4. The molecule has 0 aromatic heterocycles. The molecule has 103 heavy (non-hydrogen) atoms. The number of methoxy groups -OCH3 is 6. The van der Waals surface area contributed by atoms with Crippen LogP contribution < -0.4 is 37.9 Å². The molecule has 0 amide bonds. The van der Waals surface area contributed by atoms with Gasteiger partial charge in [-0.3, -0.25) is 0 Å². The molecule has 12 aromatic rings. The van der Waals surface area contributed by atoms with Crippen molar-refractivity contribution >= 4 is 27.9 Å². The summed E-state index contributed by atoms with van der Waals surface area (Å²) in [6.07, 6.45) is 0. The number of rotatable bonds is 27. The Balaban J connectivity index is 0.000000194. The van der Waals surface area contributed by atoms with Crippen LogP contribution in [-0.4, -0.2) is 54.6 Å². The zero-order chi connectivity index (χ0) is 71.6. The average Bonchev–Trinajstić information content (AvgIpc) is 0.760. The Labute approximate surface area is 608 Å². The number of benzene rings is 12. The van der Waals surface area contributed by atoms with Crippen LogP contribution in [0.1, 0.15) is 87.5 Å². The topological polar surface area (TPSA) is 145 Å². The first-order chi connectivity index (χ1) is 50.4. The van der Waals surface area contributed by atoms with E-state index in [2.05, 4.69) is 101 Å².